The van der Waals surface area contributed by atoms with Gasteiger partial charge in [-0.25, -0.2) is 9.13 Å². The van der Waals surface area contributed by atoms with E-state index in [9.17, 15) is 43.2 Å². The molecule has 5 atom stereocenters. The maximum Gasteiger partial charge on any atom is 0.472 e. The van der Waals surface area contributed by atoms with Gasteiger partial charge in [-0.2, -0.15) is 0 Å². The molecule has 0 fully saturated rings. The molecular weight excluding hydrogens is 1150 g/mol. The molecule has 0 saturated carbocycles. The van der Waals surface area contributed by atoms with Gasteiger partial charge in [-0.15, -0.1) is 0 Å². The first-order chi connectivity index (χ1) is 42.0. The van der Waals surface area contributed by atoms with Crippen molar-refractivity contribution in [3.8, 4) is 0 Å². The van der Waals surface area contributed by atoms with Crippen LogP contribution in [0, 0.1) is 5.92 Å². The molecule has 0 aliphatic heterocycles. The molecule has 0 amide bonds. The van der Waals surface area contributed by atoms with Crippen molar-refractivity contribution < 1.29 is 80.2 Å². The van der Waals surface area contributed by atoms with E-state index in [1.807, 2.05) is 0 Å². The summed E-state index contributed by atoms with van der Waals surface area (Å²) in [7, 11) is -9.88. The molecule has 0 rings (SSSR count). The van der Waals surface area contributed by atoms with Crippen LogP contribution in [-0.4, -0.2) is 96.7 Å². The zero-order valence-corrected chi connectivity index (χ0v) is 57.9. The minimum absolute atomic E-state index is 0.104. The highest BCUT2D eigenvalue weighted by Gasteiger charge is 2.30. The molecule has 0 heterocycles. The Morgan fingerprint density at radius 2 is 0.529 bits per heavy atom. The number of rotatable bonds is 68. The van der Waals surface area contributed by atoms with E-state index >= 15 is 0 Å². The summed E-state index contributed by atoms with van der Waals surface area (Å²) in [5.74, 6) is -1.36. The fourth-order valence-electron chi connectivity index (χ4n) is 10.3. The molecule has 0 spiro atoms. The molecule has 0 bridgehead atoms. The van der Waals surface area contributed by atoms with E-state index in [0.717, 1.165) is 109 Å². The molecule has 19 heteroatoms. The Labute approximate surface area is 530 Å². The summed E-state index contributed by atoms with van der Waals surface area (Å²) in [5, 5.41) is 10.5. The fourth-order valence-corrected chi connectivity index (χ4v) is 11.9. The number of esters is 4. The molecule has 2 unspecified atom stereocenters. The highest BCUT2D eigenvalue weighted by molar-refractivity contribution is 7.47. The third kappa shape index (κ3) is 62.6. The van der Waals surface area contributed by atoms with Crippen LogP contribution in [0.1, 0.15) is 349 Å². The van der Waals surface area contributed by atoms with Gasteiger partial charge in [0.15, 0.2) is 12.2 Å². The Kier molecular flexibility index (Phi) is 60.2. The van der Waals surface area contributed by atoms with Gasteiger partial charge in [-0.05, 0) is 31.6 Å². The van der Waals surface area contributed by atoms with Gasteiger partial charge in [0.05, 0.1) is 26.4 Å². The first kappa shape index (κ1) is 85.1. The van der Waals surface area contributed by atoms with E-state index in [-0.39, 0.29) is 25.7 Å². The molecular formula is C68H132O17P2. The molecule has 17 nitrogen and oxygen atoms in total. The van der Waals surface area contributed by atoms with Gasteiger partial charge >= 0.3 is 39.5 Å². The minimum atomic E-state index is -4.95. The lowest BCUT2D eigenvalue weighted by molar-refractivity contribution is -0.161. The van der Waals surface area contributed by atoms with Crippen LogP contribution in [0.15, 0.2) is 0 Å². The number of aliphatic hydroxyl groups is 1. The van der Waals surface area contributed by atoms with Gasteiger partial charge in [0, 0.05) is 25.7 Å². The van der Waals surface area contributed by atoms with Crippen LogP contribution in [0.4, 0.5) is 0 Å². The second-order valence-electron chi connectivity index (χ2n) is 25.0. The van der Waals surface area contributed by atoms with Gasteiger partial charge in [0.1, 0.15) is 19.3 Å². The summed E-state index contributed by atoms with van der Waals surface area (Å²) in [5.41, 5.74) is 0. The van der Waals surface area contributed by atoms with E-state index in [1.54, 1.807) is 0 Å². The predicted octanol–water partition coefficient (Wildman–Crippen LogP) is 19.4. The molecule has 0 radical (unpaired) electrons. The van der Waals surface area contributed by atoms with E-state index in [2.05, 4.69) is 34.6 Å². The van der Waals surface area contributed by atoms with Crippen LogP contribution in [0.25, 0.3) is 0 Å². The summed E-state index contributed by atoms with van der Waals surface area (Å²) >= 11 is 0. The van der Waals surface area contributed by atoms with E-state index in [1.165, 1.54) is 161 Å². The zero-order chi connectivity index (χ0) is 64.2. The highest BCUT2D eigenvalue weighted by Crippen LogP contribution is 2.45. The van der Waals surface area contributed by atoms with Gasteiger partial charge in [0.25, 0.3) is 0 Å². The van der Waals surface area contributed by atoms with Crippen molar-refractivity contribution in [2.45, 2.75) is 368 Å². The molecule has 87 heavy (non-hydrogen) atoms. The van der Waals surface area contributed by atoms with Gasteiger partial charge < -0.3 is 33.8 Å². The maximum absolute atomic E-state index is 13.0. The van der Waals surface area contributed by atoms with Gasteiger partial charge in [-0.3, -0.25) is 37.3 Å². The number of aliphatic hydroxyl groups excluding tert-OH is 1. The molecule has 0 saturated heterocycles. The first-order valence-electron chi connectivity index (χ1n) is 35.6. The Balaban J connectivity index is 5.12. The van der Waals surface area contributed by atoms with Gasteiger partial charge in [0.2, 0.25) is 0 Å². The van der Waals surface area contributed by atoms with Gasteiger partial charge in [-0.1, -0.05) is 298 Å². The number of hydrogen-bond donors (Lipinski definition) is 3. The largest absolute Gasteiger partial charge is 0.472 e. The second kappa shape index (κ2) is 61.6. The average Bonchev–Trinajstić information content (AvgIpc) is 3.51. The maximum atomic E-state index is 13.0. The predicted molar refractivity (Wildman–Crippen MR) is 349 cm³/mol. The van der Waals surface area contributed by atoms with Crippen molar-refractivity contribution in [3.63, 3.8) is 0 Å². The Hall–Kier alpha value is -1.94. The quantitative estimate of drug-likeness (QED) is 0.0222. The minimum Gasteiger partial charge on any atom is -0.462 e. The molecule has 0 aromatic rings. The number of ether oxygens (including phenoxy) is 4. The monoisotopic (exact) mass is 1280 g/mol. The van der Waals surface area contributed by atoms with Crippen LogP contribution in [0.5, 0.6) is 0 Å². The second-order valence-corrected chi connectivity index (χ2v) is 27.9. The van der Waals surface area contributed by atoms with Crippen LogP contribution < -0.4 is 0 Å². The third-order valence-electron chi connectivity index (χ3n) is 15.8. The SMILES string of the molecule is CCCCCCCCCCCCCCCCCCCCCC(=O)O[C@H](COC(=O)CCCCCCCCCCCCCCC(C)C)COP(=O)(O)OC[C@@H](O)COP(=O)(O)OC[C@@H](COC(=O)CCCCCCC)OC(=O)CCCCCCCCCC. The Morgan fingerprint density at radius 3 is 0.782 bits per heavy atom. The first-order valence-corrected chi connectivity index (χ1v) is 38.6. The standard InChI is InChI=1S/C68H132O17P2/c1-6-9-12-15-17-19-20-21-22-23-24-25-26-27-32-35-39-44-49-54-68(73)85-64(58-79-66(71)52-47-42-38-34-31-29-28-30-33-36-41-45-50-61(4)5)60-83-87(76,77)81-56-62(69)55-80-86(74,75)82-59-63(57-78-65(70)51-46-40-14-11-8-3)84-67(72)53-48-43-37-18-16-13-10-7-2/h61-64,69H,6-60H2,1-5H3,(H,74,75)(H,76,77)/t62-,63+,64+/m0/s1. The normalized spacial score (nSPS) is 14.1. The van der Waals surface area contributed by atoms with Crippen LogP contribution in [0.3, 0.4) is 0 Å². The van der Waals surface area contributed by atoms with Crippen molar-refractivity contribution in [2.75, 3.05) is 39.6 Å². The average molecular weight is 1280 g/mol. The van der Waals surface area contributed by atoms with Crippen molar-refractivity contribution in [3.05, 3.63) is 0 Å². The fraction of sp³-hybridized carbons (Fsp3) is 0.941. The lowest BCUT2D eigenvalue weighted by atomic mass is 10.0. The molecule has 516 valence electrons. The number of phosphoric ester groups is 2. The van der Waals surface area contributed by atoms with E-state index in [0.29, 0.717) is 25.7 Å². The van der Waals surface area contributed by atoms with Crippen molar-refractivity contribution >= 4 is 39.5 Å². The summed E-state index contributed by atoms with van der Waals surface area (Å²) in [4.78, 5) is 72.1. The van der Waals surface area contributed by atoms with Crippen LogP contribution in [-0.2, 0) is 65.4 Å². The molecule has 0 aliphatic rings. The number of phosphoric acid groups is 2. The Morgan fingerprint density at radius 1 is 0.310 bits per heavy atom. The zero-order valence-electron chi connectivity index (χ0n) is 56.2. The van der Waals surface area contributed by atoms with E-state index in [4.69, 9.17) is 37.0 Å². The summed E-state index contributed by atoms with van der Waals surface area (Å²) in [6.45, 7) is 7.12. The number of carbonyl (C=O) groups is 4. The topological polar surface area (TPSA) is 237 Å². The Bertz CT molecular complexity index is 1690. The number of carbonyl (C=O) groups excluding carboxylic acids is 4. The molecule has 0 aromatic carbocycles. The summed E-state index contributed by atoms with van der Waals surface area (Å²) in [6, 6.07) is 0. The van der Waals surface area contributed by atoms with Crippen LogP contribution in [0.2, 0.25) is 0 Å². The van der Waals surface area contributed by atoms with Crippen molar-refractivity contribution in [1.82, 2.24) is 0 Å². The molecule has 0 aromatic heterocycles. The van der Waals surface area contributed by atoms with Crippen molar-refractivity contribution in [1.29, 1.82) is 0 Å². The van der Waals surface area contributed by atoms with Crippen LogP contribution >= 0.6 is 15.6 Å². The molecule has 3 N–H and O–H groups in total. The molecule has 0 aliphatic carbocycles. The lowest BCUT2D eigenvalue weighted by Crippen LogP contribution is -2.30. The summed E-state index contributed by atoms with van der Waals surface area (Å²) < 4.78 is 67.9. The number of unbranched alkanes of at least 4 members (excludes halogenated alkanes) is 40. The number of hydrogen-bond acceptors (Lipinski definition) is 15. The van der Waals surface area contributed by atoms with Crippen molar-refractivity contribution in [2.24, 2.45) is 5.92 Å². The highest BCUT2D eigenvalue weighted by atomic mass is 31.2. The third-order valence-corrected chi connectivity index (χ3v) is 17.7. The smallest absolute Gasteiger partial charge is 0.462 e. The summed E-state index contributed by atoms with van der Waals surface area (Å²) in [6.07, 6.45) is 47.7. The van der Waals surface area contributed by atoms with E-state index < -0.39 is 97.5 Å². The lowest BCUT2D eigenvalue weighted by Gasteiger charge is -2.21.